The van der Waals surface area contributed by atoms with Crippen molar-refractivity contribution in [3.05, 3.63) is 42.0 Å². The second-order valence-corrected chi connectivity index (χ2v) is 4.80. The third kappa shape index (κ3) is 3.23. The summed E-state index contributed by atoms with van der Waals surface area (Å²) >= 11 is 5.17. The average molecular weight is 318 g/mol. The van der Waals surface area contributed by atoms with Gasteiger partial charge in [0.15, 0.2) is 11.5 Å². The number of benzene rings is 2. The number of hydrogen-bond donors (Lipinski definition) is 1. The molecule has 0 fully saturated rings. The first-order chi connectivity index (χ1) is 10.6. The van der Waals surface area contributed by atoms with Crippen LogP contribution in [0.1, 0.15) is 10.4 Å². The quantitative estimate of drug-likeness (QED) is 0.859. The molecule has 116 valence electrons. The van der Waals surface area contributed by atoms with Crippen LogP contribution in [0.3, 0.4) is 0 Å². The standard InChI is InChI=1S/C16H17NO4S/c1-19-12-8-10(9-13(20-2)15(12)21-3)16(18)17-11-6-4-5-7-14(11)22/h4-9,22H,1-3H3,(H,17,18)/p-1. The molecule has 0 bridgehead atoms. The van der Waals surface area contributed by atoms with Crippen LogP contribution in [0.15, 0.2) is 41.3 Å². The van der Waals surface area contributed by atoms with Crippen LogP contribution in [0.4, 0.5) is 5.69 Å². The summed E-state index contributed by atoms with van der Waals surface area (Å²) in [5.41, 5.74) is 0.962. The predicted octanol–water partition coefficient (Wildman–Crippen LogP) is 2.87. The molecule has 1 N–H and O–H groups in total. The van der Waals surface area contributed by atoms with Gasteiger partial charge >= 0.3 is 0 Å². The summed E-state index contributed by atoms with van der Waals surface area (Å²) in [5, 5.41) is 2.77. The van der Waals surface area contributed by atoms with Crippen molar-refractivity contribution in [3.63, 3.8) is 0 Å². The fourth-order valence-corrected chi connectivity index (χ4v) is 2.17. The molecule has 0 aliphatic carbocycles. The molecule has 22 heavy (non-hydrogen) atoms. The third-order valence-corrected chi connectivity index (χ3v) is 3.42. The van der Waals surface area contributed by atoms with E-state index in [2.05, 4.69) is 5.32 Å². The molecular formula is C16H16NO4S-. The number of hydrogen-bond acceptors (Lipinski definition) is 5. The van der Waals surface area contributed by atoms with E-state index in [-0.39, 0.29) is 5.91 Å². The Kier molecular flexibility index (Phi) is 5.06. The summed E-state index contributed by atoms with van der Waals surface area (Å²) in [6.45, 7) is 0. The number of nitrogens with one attached hydrogen (secondary N) is 1. The first-order valence-electron chi connectivity index (χ1n) is 6.48. The normalized spacial score (nSPS) is 9.95. The number of carbonyl (C=O) groups is 1. The molecule has 0 aliphatic rings. The zero-order valence-corrected chi connectivity index (χ0v) is 13.3. The Morgan fingerprint density at radius 1 is 1.00 bits per heavy atom. The number of para-hydroxylation sites is 1. The van der Waals surface area contributed by atoms with Gasteiger partial charge in [0.05, 0.1) is 21.3 Å². The zero-order chi connectivity index (χ0) is 16.1. The number of amides is 1. The van der Waals surface area contributed by atoms with Crippen molar-refractivity contribution in [2.75, 3.05) is 26.6 Å². The summed E-state index contributed by atoms with van der Waals surface area (Å²) < 4.78 is 15.7. The first kappa shape index (κ1) is 15.9. The van der Waals surface area contributed by atoms with Gasteiger partial charge in [-0.1, -0.05) is 18.2 Å². The highest BCUT2D eigenvalue weighted by Gasteiger charge is 2.17. The zero-order valence-electron chi connectivity index (χ0n) is 12.5. The Balaban J connectivity index is 2.36. The van der Waals surface area contributed by atoms with Crippen molar-refractivity contribution in [1.29, 1.82) is 0 Å². The van der Waals surface area contributed by atoms with Gasteiger partial charge in [0.2, 0.25) is 5.75 Å². The Morgan fingerprint density at radius 3 is 2.09 bits per heavy atom. The molecule has 1 amide bonds. The molecule has 2 aromatic rings. The SMILES string of the molecule is COc1cc(C(=O)Nc2ccccc2[S-])cc(OC)c1OC. The summed E-state index contributed by atoms with van der Waals surface area (Å²) in [4.78, 5) is 13.0. The van der Waals surface area contributed by atoms with Crippen molar-refractivity contribution >= 4 is 24.2 Å². The molecule has 0 aliphatic heterocycles. The Bertz CT molecular complexity index is 663. The number of anilines is 1. The minimum atomic E-state index is -0.309. The molecule has 0 atom stereocenters. The van der Waals surface area contributed by atoms with E-state index in [0.29, 0.717) is 33.4 Å². The fraction of sp³-hybridized carbons (Fsp3) is 0.188. The van der Waals surface area contributed by atoms with E-state index in [0.717, 1.165) is 0 Å². The molecule has 0 heterocycles. The largest absolute Gasteiger partial charge is 0.778 e. The van der Waals surface area contributed by atoms with Crippen LogP contribution < -0.4 is 19.5 Å². The van der Waals surface area contributed by atoms with Crippen molar-refractivity contribution in [3.8, 4) is 17.2 Å². The molecule has 6 heteroatoms. The smallest absolute Gasteiger partial charge is 0.255 e. The van der Waals surface area contributed by atoms with Crippen molar-refractivity contribution in [2.45, 2.75) is 4.90 Å². The van der Waals surface area contributed by atoms with E-state index in [9.17, 15) is 4.79 Å². The summed E-state index contributed by atoms with van der Waals surface area (Å²) in [7, 11) is 4.50. The van der Waals surface area contributed by atoms with Gasteiger partial charge in [0, 0.05) is 11.3 Å². The number of carbonyl (C=O) groups excluding carboxylic acids is 1. The summed E-state index contributed by atoms with van der Waals surface area (Å²) in [6, 6.07) is 10.3. The maximum absolute atomic E-state index is 12.4. The monoisotopic (exact) mass is 318 g/mol. The van der Waals surface area contributed by atoms with E-state index in [1.807, 2.05) is 6.07 Å². The van der Waals surface area contributed by atoms with Gasteiger partial charge in [-0.25, -0.2) is 0 Å². The lowest BCUT2D eigenvalue weighted by Gasteiger charge is -2.16. The van der Waals surface area contributed by atoms with E-state index in [1.54, 1.807) is 30.3 Å². The van der Waals surface area contributed by atoms with Crippen LogP contribution in [0.2, 0.25) is 0 Å². The molecule has 0 saturated carbocycles. The Hall–Kier alpha value is -2.47. The van der Waals surface area contributed by atoms with Gasteiger partial charge in [-0.3, -0.25) is 4.79 Å². The minimum absolute atomic E-state index is 0.309. The third-order valence-electron chi connectivity index (χ3n) is 3.06. The predicted molar refractivity (Wildman–Crippen MR) is 86.1 cm³/mol. The lowest BCUT2D eigenvalue weighted by Crippen LogP contribution is -2.13. The van der Waals surface area contributed by atoms with Gasteiger partial charge in [-0.2, -0.15) is 4.90 Å². The highest BCUT2D eigenvalue weighted by molar-refractivity contribution is 7.59. The van der Waals surface area contributed by atoms with Gasteiger partial charge in [-0.05, 0) is 18.2 Å². The van der Waals surface area contributed by atoms with E-state index in [1.165, 1.54) is 21.3 Å². The Labute approximate surface area is 134 Å². The van der Waals surface area contributed by atoms with Crippen LogP contribution in [-0.4, -0.2) is 27.2 Å². The lowest BCUT2D eigenvalue weighted by atomic mass is 10.1. The molecular weight excluding hydrogens is 302 g/mol. The Morgan fingerprint density at radius 2 is 1.59 bits per heavy atom. The van der Waals surface area contributed by atoms with Crippen LogP contribution in [-0.2, 0) is 12.6 Å². The lowest BCUT2D eigenvalue weighted by molar-refractivity contribution is 0.102. The van der Waals surface area contributed by atoms with E-state index in [4.69, 9.17) is 26.8 Å². The number of methoxy groups -OCH3 is 3. The van der Waals surface area contributed by atoms with Crippen molar-refractivity contribution in [2.24, 2.45) is 0 Å². The molecule has 2 rings (SSSR count). The van der Waals surface area contributed by atoms with Gasteiger partial charge < -0.3 is 32.2 Å². The molecule has 0 spiro atoms. The topological polar surface area (TPSA) is 56.8 Å². The summed E-state index contributed by atoms with van der Waals surface area (Å²) in [6.07, 6.45) is 0. The molecule has 0 radical (unpaired) electrons. The van der Waals surface area contributed by atoms with Crippen LogP contribution in [0.25, 0.3) is 0 Å². The minimum Gasteiger partial charge on any atom is -0.778 e. The highest BCUT2D eigenvalue weighted by atomic mass is 32.1. The van der Waals surface area contributed by atoms with Crippen LogP contribution >= 0.6 is 0 Å². The second kappa shape index (κ2) is 7.00. The van der Waals surface area contributed by atoms with Gasteiger partial charge in [0.1, 0.15) is 0 Å². The fourth-order valence-electron chi connectivity index (χ4n) is 1.98. The highest BCUT2D eigenvalue weighted by Crippen LogP contribution is 2.38. The number of rotatable bonds is 5. The maximum Gasteiger partial charge on any atom is 0.255 e. The van der Waals surface area contributed by atoms with E-state index >= 15 is 0 Å². The maximum atomic E-state index is 12.4. The average Bonchev–Trinajstić information content (AvgIpc) is 2.55. The van der Waals surface area contributed by atoms with Gasteiger partial charge in [-0.15, -0.1) is 0 Å². The molecule has 5 nitrogen and oxygen atoms in total. The molecule has 0 saturated heterocycles. The molecule has 2 aromatic carbocycles. The molecule has 0 aromatic heterocycles. The number of ether oxygens (including phenoxy) is 3. The van der Waals surface area contributed by atoms with E-state index < -0.39 is 0 Å². The van der Waals surface area contributed by atoms with Crippen molar-refractivity contribution < 1.29 is 19.0 Å². The van der Waals surface area contributed by atoms with Crippen molar-refractivity contribution in [1.82, 2.24) is 0 Å². The van der Waals surface area contributed by atoms with Crippen LogP contribution in [0, 0.1) is 0 Å². The van der Waals surface area contributed by atoms with Crippen LogP contribution in [0.5, 0.6) is 17.2 Å². The van der Waals surface area contributed by atoms with Gasteiger partial charge in [0.25, 0.3) is 5.91 Å². The second-order valence-electron chi connectivity index (χ2n) is 4.36. The molecule has 0 unspecified atom stereocenters. The summed E-state index contributed by atoms with van der Waals surface area (Å²) in [5.74, 6) is 0.957. The first-order valence-corrected chi connectivity index (χ1v) is 6.89.